The third-order valence-electron chi connectivity index (χ3n) is 4.45. The van der Waals surface area contributed by atoms with Crippen LogP contribution in [-0.4, -0.2) is 4.90 Å². The molecule has 0 saturated carbocycles. The summed E-state index contributed by atoms with van der Waals surface area (Å²) in [6.45, 7) is 13.0. The van der Waals surface area contributed by atoms with Crippen molar-refractivity contribution in [2.45, 2.75) is 48.0 Å². The highest BCUT2D eigenvalue weighted by Crippen LogP contribution is 2.32. The van der Waals surface area contributed by atoms with E-state index in [1.807, 2.05) is 13.0 Å². The lowest BCUT2D eigenvalue weighted by molar-refractivity contribution is 0.544. The molecule has 2 aliphatic rings. The number of nitrogens with zero attached hydrogens (tertiary/aromatic N) is 1. The van der Waals surface area contributed by atoms with Crippen LogP contribution in [0.2, 0.25) is 0 Å². The van der Waals surface area contributed by atoms with Crippen molar-refractivity contribution in [3.63, 3.8) is 0 Å². The van der Waals surface area contributed by atoms with E-state index < -0.39 is 0 Å². The number of allylic oxidation sites excluding steroid dienone is 14. The third-order valence-corrected chi connectivity index (χ3v) is 4.45. The fraction of sp³-hybridized carbons (Fsp3) is 0.296. The van der Waals surface area contributed by atoms with Gasteiger partial charge in [-0.05, 0) is 63.1 Å². The van der Waals surface area contributed by atoms with Crippen LogP contribution in [0.25, 0.3) is 0 Å². The lowest BCUT2D eigenvalue weighted by atomic mass is 9.91. The van der Waals surface area contributed by atoms with Gasteiger partial charge in [0, 0.05) is 22.9 Å². The lowest BCUT2D eigenvalue weighted by Crippen LogP contribution is -2.21. The van der Waals surface area contributed by atoms with Gasteiger partial charge < -0.3 is 4.90 Å². The van der Waals surface area contributed by atoms with Crippen molar-refractivity contribution >= 4 is 0 Å². The van der Waals surface area contributed by atoms with Crippen LogP contribution in [0.15, 0.2) is 113 Å². The zero-order chi connectivity index (χ0) is 20.6. The highest BCUT2D eigenvalue weighted by Gasteiger charge is 2.21. The second-order valence-corrected chi connectivity index (χ2v) is 7.83. The molecule has 0 radical (unpaired) electrons. The molecule has 146 valence electrons. The van der Waals surface area contributed by atoms with Gasteiger partial charge in [-0.25, -0.2) is 0 Å². The minimum atomic E-state index is -0.0298. The molecule has 0 atom stereocenters. The Balaban J connectivity index is 2.69. The summed E-state index contributed by atoms with van der Waals surface area (Å²) < 4.78 is 0. The van der Waals surface area contributed by atoms with Crippen molar-refractivity contribution in [1.82, 2.24) is 4.90 Å². The van der Waals surface area contributed by atoms with Crippen LogP contribution >= 0.6 is 0 Å². The molecule has 0 spiro atoms. The highest BCUT2D eigenvalue weighted by molar-refractivity contribution is 5.45. The van der Waals surface area contributed by atoms with Gasteiger partial charge in [-0.2, -0.15) is 0 Å². The molecule has 1 nitrogen and oxygen atoms in total. The van der Waals surface area contributed by atoms with Gasteiger partial charge >= 0.3 is 0 Å². The summed E-state index contributed by atoms with van der Waals surface area (Å²) in [6.07, 6.45) is 29.2. The number of rotatable bonds is 6. The molecule has 0 aromatic carbocycles. The molecule has 0 heterocycles. The monoisotopic (exact) mass is 371 g/mol. The standard InChI is InChI=1S/C27H33N/c1-7-9-13-24(14-10-8-2)28(25-15-11-12-22(3)16-18-25)26-19-17-23(4)20-27(5,6)21-26/h7,9-10,12-21H,8H2,1-6H3/b9-7-,14-10-,24-13+. The Morgan fingerprint density at radius 1 is 1.04 bits per heavy atom. The van der Waals surface area contributed by atoms with Gasteiger partial charge in [0.25, 0.3) is 0 Å². The zero-order valence-electron chi connectivity index (χ0n) is 18.2. The Bertz CT molecular complexity index is 883. The van der Waals surface area contributed by atoms with Gasteiger partial charge in [0.2, 0.25) is 0 Å². The van der Waals surface area contributed by atoms with E-state index in [1.165, 1.54) is 11.1 Å². The highest BCUT2D eigenvalue weighted by atomic mass is 15.2. The molecule has 0 aromatic rings. The third kappa shape index (κ3) is 6.15. The van der Waals surface area contributed by atoms with Crippen molar-refractivity contribution in [1.29, 1.82) is 0 Å². The number of hydrogen-bond donors (Lipinski definition) is 0. The molecule has 0 bridgehead atoms. The van der Waals surface area contributed by atoms with E-state index in [9.17, 15) is 0 Å². The van der Waals surface area contributed by atoms with Crippen molar-refractivity contribution in [2.24, 2.45) is 5.41 Å². The fourth-order valence-corrected chi connectivity index (χ4v) is 3.26. The largest absolute Gasteiger partial charge is 0.310 e. The Morgan fingerprint density at radius 2 is 1.82 bits per heavy atom. The van der Waals surface area contributed by atoms with Gasteiger partial charge in [0.1, 0.15) is 0 Å². The maximum Gasteiger partial charge on any atom is 0.0538 e. The first-order valence-corrected chi connectivity index (χ1v) is 10.1. The molecule has 0 aromatic heterocycles. The fourth-order valence-electron chi connectivity index (χ4n) is 3.26. The Hall–Kier alpha value is -2.76. The van der Waals surface area contributed by atoms with Crippen LogP contribution < -0.4 is 0 Å². The first-order valence-electron chi connectivity index (χ1n) is 10.1. The van der Waals surface area contributed by atoms with Gasteiger partial charge in [0.05, 0.1) is 5.70 Å². The summed E-state index contributed by atoms with van der Waals surface area (Å²) in [5.74, 6) is 0. The molecule has 0 aliphatic heterocycles. The lowest BCUT2D eigenvalue weighted by Gasteiger charge is -2.29. The molecule has 1 heteroatoms. The average Bonchev–Trinajstić information content (AvgIpc) is 2.92. The van der Waals surface area contributed by atoms with Crippen LogP contribution in [0.4, 0.5) is 0 Å². The molecule has 28 heavy (non-hydrogen) atoms. The SMILES string of the molecule is C\C=C/C=C(\C=C/CC)N(C1=CC=C(C)C=C=C1)C1=CC(C)(C)C=C(C)C=C1. The van der Waals surface area contributed by atoms with Gasteiger partial charge in [0.15, 0.2) is 0 Å². The first kappa shape index (κ1) is 21.5. The van der Waals surface area contributed by atoms with Gasteiger partial charge in [-0.3, -0.25) is 0 Å². The Labute approximate surface area is 171 Å². The van der Waals surface area contributed by atoms with E-state index in [-0.39, 0.29) is 5.41 Å². The van der Waals surface area contributed by atoms with Crippen LogP contribution in [0.3, 0.4) is 0 Å². The minimum absolute atomic E-state index is 0.0298. The van der Waals surface area contributed by atoms with Crippen LogP contribution in [0.1, 0.15) is 48.0 Å². The van der Waals surface area contributed by atoms with Crippen LogP contribution in [0.5, 0.6) is 0 Å². The van der Waals surface area contributed by atoms with E-state index >= 15 is 0 Å². The first-order chi connectivity index (χ1) is 13.4. The molecule has 2 rings (SSSR count). The molecule has 2 aliphatic carbocycles. The molecule has 0 unspecified atom stereocenters. The van der Waals surface area contributed by atoms with E-state index in [2.05, 4.69) is 118 Å². The summed E-state index contributed by atoms with van der Waals surface area (Å²) in [5.41, 5.74) is 9.14. The van der Waals surface area contributed by atoms with E-state index in [0.717, 1.165) is 23.5 Å². The normalized spacial score (nSPS) is 19.3. The summed E-state index contributed by atoms with van der Waals surface area (Å²) in [5, 5.41) is 0. The Morgan fingerprint density at radius 3 is 2.54 bits per heavy atom. The molecular formula is C27H33N. The average molecular weight is 372 g/mol. The second kappa shape index (κ2) is 9.97. The van der Waals surface area contributed by atoms with E-state index in [1.54, 1.807) is 0 Å². The van der Waals surface area contributed by atoms with Crippen LogP contribution in [0, 0.1) is 5.41 Å². The molecule has 0 fully saturated rings. The predicted molar refractivity (Wildman–Crippen MR) is 123 cm³/mol. The van der Waals surface area contributed by atoms with Crippen molar-refractivity contribution < 1.29 is 0 Å². The number of hydrogen-bond acceptors (Lipinski definition) is 1. The maximum absolute atomic E-state index is 3.32. The molecule has 0 amide bonds. The second-order valence-electron chi connectivity index (χ2n) is 7.83. The van der Waals surface area contributed by atoms with E-state index in [0.29, 0.717) is 0 Å². The van der Waals surface area contributed by atoms with Crippen molar-refractivity contribution in [2.75, 3.05) is 0 Å². The van der Waals surface area contributed by atoms with Gasteiger partial charge in [-0.15, -0.1) is 5.73 Å². The summed E-state index contributed by atoms with van der Waals surface area (Å²) in [6, 6.07) is 0. The summed E-state index contributed by atoms with van der Waals surface area (Å²) >= 11 is 0. The van der Waals surface area contributed by atoms with Gasteiger partial charge in [-0.1, -0.05) is 68.9 Å². The zero-order valence-corrected chi connectivity index (χ0v) is 18.2. The maximum atomic E-state index is 3.32. The molecule has 0 saturated heterocycles. The quantitative estimate of drug-likeness (QED) is 0.341. The van der Waals surface area contributed by atoms with Crippen LogP contribution in [-0.2, 0) is 0 Å². The Kier molecular flexibility index (Phi) is 7.67. The van der Waals surface area contributed by atoms with E-state index in [4.69, 9.17) is 0 Å². The summed E-state index contributed by atoms with van der Waals surface area (Å²) in [4.78, 5) is 2.31. The van der Waals surface area contributed by atoms with Crippen molar-refractivity contribution in [3.8, 4) is 0 Å². The topological polar surface area (TPSA) is 3.24 Å². The minimum Gasteiger partial charge on any atom is -0.310 e. The molecular weight excluding hydrogens is 338 g/mol. The predicted octanol–water partition coefficient (Wildman–Crippen LogP) is 7.70. The molecule has 0 N–H and O–H groups in total. The smallest absolute Gasteiger partial charge is 0.0538 e. The van der Waals surface area contributed by atoms with Crippen molar-refractivity contribution in [3.05, 3.63) is 113 Å². The summed E-state index contributed by atoms with van der Waals surface area (Å²) in [7, 11) is 0.